The molecular formula is C10H7BrF2N2O. The molecule has 0 saturated heterocycles. The highest BCUT2D eigenvalue weighted by molar-refractivity contribution is 9.10. The molecule has 0 radical (unpaired) electrons. The minimum atomic E-state index is -0.726. The Labute approximate surface area is 98.4 Å². The van der Waals surface area contributed by atoms with E-state index >= 15 is 0 Å². The zero-order valence-corrected chi connectivity index (χ0v) is 9.81. The summed E-state index contributed by atoms with van der Waals surface area (Å²) in [5.41, 5.74) is 5.41. The summed E-state index contributed by atoms with van der Waals surface area (Å²) in [6.45, 7) is 1.53. The van der Waals surface area contributed by atoms with E-state index in [-0.39, 0.29) is 21.6 Å². The van der Waals surface area contributed by atoms with E-state index in [1.807, 2.05) is 0 Å². The van der Waals surface area contributed by atoms with E-state index < -0.39 is 11.6 Å². The van der Waals surface area contributed by atoms with Gasteiger partial charge in [-0.1, -0.05) is 5.16 Å². The standard InChI is InChI=1S/C10H7BrF2N2O/c1-4-2-5(11)10(13)8(9(4)12)6-3-7(14)16-15-6/h2-3H,14H2,1H3. The third-order valence-corrected chi connectivity index (χ3v) is 2.70. The maximum atomic E-state index is 13.8. The summed E-state index contributed by atoms with van der Waals surface area (Å²) in [6.07, 6.45) is 0. The molecule has 0 spiro atoms. The summed E-state index contributed by atoms with van der Waals surface area (Å²) in [6, 6.07) is 2.63. The highest BCUT2D eigenvalue weighted by Gasteiger charge is 2.19. The highest BCUT2D eigenvalue weighted by Crippen LogP contribution is 2.32. The van der Waals surface area contributed by atoms with Gasteiger partial charge >= 0.3 is 0 Å². The number of aromatic nitrogens is 1. The van der Waals surface area contributed by atoms with E-state index in [0.29, 0.717) is 5.56 Å². The van der Waals surface area contributed by atoms with Gasteiger partial charge in [0.2, 0.25) is 5.88 Å². The van der Waals surface area contributed by atoms with Crippen LogP contribution in [0.25, 0.3) is 11.3 Å². The number of nitrogens with zero attached hydrogens (tertiary/aromatic N) is 1. The van der Waals surface area contributed by atoms with E-state index in [1.165, 1.54) is 19.1 Å². The lowest BCUT2D eigenvalue weighted by atomic mass is 10.1. The Kier molecular flexibility index (Phi) is 2.67. The number of hydrogen-bond acceptors (Lipinski definition) is 3. The molecule has 3 nitrogen and oxygen atoms in total. The lowest BCUT2D eigenvalue weighted by Gasteiger charge is -2.05. The van der Waals surface area contributed by atoms with Crippen molar-refractivity contribution < 1.29 is 13.3 Å². The molecule has 16 heavy (non-hydrogen) atoms. The molecule has 0 aliphatic rings. The maximum Gasteiger partial charge on any atom is 0.222 e. The lowest BCUT2D eigenvalue weighted by Crippen LogP contribution is -1.95. The molecule has 2 N–H and O–H groups in total. The molecule has 0 atom stereocenters. The number of nitrogens with two attached hydrogens (primary N) is 1. The molecule has 84 valence electrons. The van der Waals surface area contributed by atoms with Gasteiger partial charge in [-0.15, -0.1) is 0 Å². The number of anilines is 1. The summed E-state index contributed by atoms with van der Waals surface area (Å²) in [7, 11) is 0. The van der Waals surface area contributed by atoms with Crippen molar-refractivity contribution in [1.29, 1.82) is 0 Å². The van der Waals surface area contributed by atoms with Crippen LogP contribution in [0.1, 0.15) is 5.56 Å². The number of nitrogen functional groups attached to an aromatic ring is 1. The van der Waals surface area contributed by atoms with Crippen molar-refractivity contribution in [3.05, 3.63) is 33.8 Å². The molecule has 0 aliphatic heterocycles. The predicted octanol–water partition coefficient (Wildman–Crippen LogP) is 3.27. The molecule has 0 unspecified atom stereocenters. The Balaban J connectivity index is 2.73. The van der Waals surface area contributed by atoms with Gasteiger partial charge in [-0.2, -0.15) is 0 Å². The maximum absolute atomic E-state index is 13.8. The van der Waals surface area contributed by atoms with E-state index in [9.17, 15) is 8.78 Å². The molecule has 2 aromatic rings. The number of halogens is 3. The van der Waals surface area contributed by atoms with Crippen LogP contribution in [0.4, 0.5) is 14.7 Å². The summed E-state index contributed by atoms with van der Waals surface area (Å²) in [5.74, 6) is -1.39. The van der Waals surface area contributed by atoms with Crippen LogP contribution in [0.5, 0.6) is 0 Å². The topological polar surface area (TPSA) is 52.0 Å². The molecule has 2 rings (SSSR count). The number of hydrogen-bond donors (Lipinski definition) is 1. The molecule has 6 heteroatoms. The van der Waals surface area contributed by atoms with E-state index in [2.05, 4.69) is 25.6 Å². The Morgan fingerprint density at radius 3 is 2.56 bits per heavy atom. The fourth-order valence-corrected chi connectivity index (χ4v) is 1.90. The van der Waals surface area contributed by atoms with Crippen LogP contribution in [-0.4, -0.2) is 5.16 Å². The van der Waals surface area contributed by atoms with Gasteiger partial charge in [0.1, 0.15) is 17.3 Å². The second kappa shape index (κ2) is 3.86. The van der Waals surface area contributed by atoms with Crippen molar-refractivity contribution in [2.24, 2.45) is 0 Å². The average molecular weight is 289 g/mol. The van der Waals surface area contributed by atoms with Crippen LogP contribution < -0.4 is 5.73 Å². The van der Waals surface area contributed by atoms with Gasteiger partial charge in [0.05, 0.1) is 10.0 Å². The molecule has 1 heterocycles. The zero-order valence-electron chi connectivity index (χ0n) is 8.22. The Morgan fingerprint density at radius 1 is 1.31 bits per heavy atom. The second-order valence-electron chi connectivity index (χ2n) is 3.29. The fraction of sp³-hybridized carbons (Fsp3) is 0.100. The summed E-state index contributed by atoms with van der Waals surface area (Å²) >= 11 is 3.00. The van der Waals surface area contributed by atoms with Gasteiger partial charge in [-0.05, 0) is 34.5 Å². The molecule has 0 amide bonds. The highest BCUT2D eigenvalue weighted by atomic mass is 79.9. The second-order valence-corrected chi connectivity index (χ2v) is 4.15. The van der Waals surface area contributed by atoms with Crippen molar-refractivity contribution in [2.45, 2.75) is 6.92 Å². The molecule has 0 bridgehead atoms. The van der Waals surface area contributed by atoms with Gasteiger partial charge in [-0.3, -0.25) is 0 Å². The minimum absolute atomic E-state index is 0.00595. The molecule has 0 saturated carbocycles. The Hall–Kier alpha value is -1.43. The van der Waals surface area contributed by atoms with E-state index in [0.717, 1.165) is 0 Å². The van der Waals surface area contributed by atoms with Crippen LogP contribution in [0, 0.1) is 18.6 Å². The molecule has 1 aromatic heterocycles. The van der Waals surface area contributed by atoms with Crippen molar-refractivity contribution >= 4 is 21.8 Å². The molecular weight excluding hydrogens is 282 g/mol. The largest absolute Gasteiger partial charge is 0.368 e. The van der Waals surface area contributed by atoms with Crippen LogP contribution in [0.2, 0.25) is 0 Å². The third-order valence-electron chi connectivity index (χ3n) is 2.12. The van der Waals surface area contributed by atoms with Gasteiger partial charge in [0.25, 0.3) is 0 Å². The van der Waals surface area contributed by atoms with Gasteiger partial charge in [-0.25, -0.2) is 8.78 Å². The SMILES string of the molecule is Cc1cc(Br)c(F)c(-c2cc(N)on2)c1F. The Bertz CT molecular complexity index is 528. The molecule has 0 fully saturated rings. The average Bonchev–Trinajstić information content (AvgIpc) is 2.62. The first-order valence-corrected chi connectivity index (χ1v) is 5.16. The molecule has 1 aromatic carbocycles. The predicted molar refractivity (Wildman–Crippen MR) is 58.7 cm³/mol. The minimum Gasteiger partial charge on any atom is -0.368 e. The Morgan fingerprint density at radius 2 is 2.00 bits per heavy atom. The van der Waals surface area contributed by atoms with Crippen LogP contribution in [0.15, 0.2) is 21.1 Å². The third kappa shape index (κ3) is 1.69. The van der Waals surface area contributed by atoms with Crippen LogP contribution in [-0.2, 0) is 0 Å². The van der Waals surface area contributed by atoms with Crippen molar-refractivity contribution in [3.8, 4) is 11.3 Å². The van der Waals surface area contributed by atoms with Gasteiger partial charge in [0.15, 0.2) is 0 Å². The summed E-state index contributed by atoms with van der Waals surface area (Å²) in [5, 5.41) is 3.49. The summed E-state index contributed by atoms with van der Waals surface area (Å²) in [4.78, 5) is 0. The number of aryl methyl sites for hydroxylation is 1. The van der Waals surface area contributed by atoms with Crippen LogP contribution >= 0.6 is 15.9 Å². The zero-order chi connectivity index (χ0) is 11.9. The lowest BCUT2D eigenvalue weighted by molar-refractivity contribution is 0.437. The number of rotatable bonds is 1. The van der Waals surface area contributed by atoms with Crippen molar-refractivity contribution in [2.75, 3.05) is 5.73 Å². The van der Waals surface area contributed by atoms with E-state index in [1.54, 1.807) is 0 Å². The number of benzene rings is 1. The first kappa shape index (κ1) is 11.1. The smallest absolute Gasteiger partial charge is 0.222 e. The first-order valence-electron chi connectivity index (χ1n) is 4.37. The first-order chi connectivity index (χ1) is 7.50. The van der Waals surface area contributed by atoms with Crippen molar-refractivity contribution in [3.63, 3.8) is 0 Å². The normalized spacial score (nSPS) is 10.8. The fourth-order valence-electron chi connectivity index (χ4n) is 1.36. The summed E-state index contributed by atoms with van der Waals surface area (Å²) < 4.78 is 32.2. The van der Waals surface area contributed by atoms with Gasteiger partial charge in [0, 0.05) is 6.07 Å². The molecule has 0 aliphatic carbocycles. The van der Waals surface area contributed by atoms with Gasteiger partial charge < -0.3 is 10.3 Å². The van der Waals surface area contributed by atoms with Crippen LogP contribution in [0.3, 0.4) is 0 Å². The van der Waals surface area contributed by atoms with E-state index in [4.69, 9.17) is 5.73 Å². The monoisotopic (exact) mass is 288 g/mol. The van der Waals surface area contributed by atoms with Crippen molar-refractivity contribution in [1.82, 2.24) is 5.16 Å². The quantitative estimate of drug-likeness (QED) is 0.820.